The summed E-state index contributed by atoms with van der Waals surface area (Å²) in [6.07, 6.45) is 25.4. The van der Waals surface area contributed by atoms with Crippen LogP contribution >= 0.6 is 0 Å². The van der Waals surface area contributed by atoms with E-state index in [1.807, 2.05) is 61.5 Å². The standard InChI is InChI=1S/C35H52O3/c1-3-5-6-7-8-9-10-11-12-13-14-15-16-17-18-19-29-38-33-26-24-32(25-27-33)35(36)28-23-31-21-20-22-34(30-31)37-4-2/h20-28,30H,3-19,29H2,1-2H3. The Labute approximate surface area is 233 Å². The van der Waals surface area contributed by atoms with Gasteiger partial charge in [0.1, 0.15) is 11.5 Å². The second-order valence-electron chi connectivity index (χ2n) is 10.4. The van der Waals surface area contributed by atoms with Crippen molar-refractivity contribution in [2.24, 2.45) is 0 Å². The highest BCUT2D eigenvalue weighted by Crippen LogP contribution is 2.17. The number of unbranched alkanes of at least 4 members (excludes halogenated alkanes) is 15. The van der Waals surface area contributed by atoms with Gasteiger partial charge in [-0.25, -0.2) is 0 Å². The Morgan fingerprint density at radius 1 is 0.632 bits per heavy atom. The van der Waals surface area contributed by atoms with Crippen LogP contribution in [0.3, 0.4) is 0 Å². The number of hydrogen-bond donors (Lipinski definition) is 0. The van der Waals surface area contributed by atoms with E-state index in [1.165, 1.54) is 96.3 Å². The van der Waals surface area contributed by atoms with Gasteiger partial charge in [-0.1, -0.05) is 121 Å². The van der Waals surface area contributed by atoms with Gasteiger partial charge in [-0.3, -0.25) is 4.79 Å². The van der Waals surface area contributed by atoms with Gasteiger partial charge in [-0.15, -0.1) is 0 Å². The van der Waals surface area contributed by atoms with E-state index in [2.05, 4.69) is 6.92 Å². The summed E-state index contributed by atoms with van der Waals surface area (Å²) >= 11 is 0. The van der Waals surface area contributed by atoms with E-state index in [-0.39, 0.29) is 5.78 Å². The minimum absolute atomic E-state index is 0.0174. The minimum Gasteiger partial charge on any atom is -0.494 e. The quantitative estimate of drug-likeness (QED) is 0.0830. The molecule has 0 aromatic heterocycles. The Bertz CT molecular complexity index is 884. The molecule has 0 aliphatic heterocycles. The highest BCUT2D eigenvalue weighted by Gasteiger charge is 2.03. The molecule has 0 saturated carbocycles. The fraction of sp³-hybridized carbons (Fsp3) is 0.571. The molecule has 0 atom stereocenters. The molecule has 0 saturated heterocycles. The highest BCUT2D eigenvalue weighted by molar-refractivity contribution is 6.06. The largest absolute Gasteiger partial charge is 0.494 e. The van der Waals surface area contributed by atoms with Gasteiger partial charge in [0, 0.05) is 5.56 Å². The lowest BCUT2D eigenvalue weighted by Crippen LogP contribution is -1.99. The molecule has 0 aliphatic carbocycles. The Hall–Kier alpha value is -2.55. The second-order valence-corrected chi connectivity index (χ2v) is 10.4. The molecule has 0 radical (unpaired) electrons. The van der Waals surface area contributed by atoms with Crippen LogP contribution in [0.15, 0.2) is 54.6 Å². The number of hydrogen-bond acceptors (Lipinski definition) is 3. The van der Waals surface area contributed by atoms with Crippen molar-refractivity contribution < 1.29 is 14.3 Å². The highest BCUT2D eigenvalue weighted by atomic mass is 16.5. The molecule has 3 nitrogen and oxygen atoms in total. The summed E-state index contributed by atoms with van der Waals surface area (Å²) in [5, 5.41) is 0. The van der Waals surface area contributed by atoms with Crippen LogP contribution in [0.4, 0.5) is 0 Å². The predicted octanol–water partition coefficient (Wildman–Crippen LogP) is 10.6. The summed E-state index contributed by atoms with van der Waals surface area (Å²) in [4.78, 5) is 12.5. The van der Waals surface area contributed by atoms with Gasteiger partial charge in [-0.2, -0.15) is 0 Å². The van der Waals surface area contributed by atoms with Gasteiger partial charge in [-0.05, 0) is 61.4 Å². The molecule has 0 heterocycles. The number of rotatable bonds is 23. The van der Waals surface area contributed by atoms with Crippen molar-refractivity contribution in [2.75, 3.05) is 13.2 Å². The molecule has 210 valence electrons. The maximum absolute atomic E-state index is 12.5. The second kappa shape index (κ2) is 21.4. The zero-order chi connectivity index (χ0) is 27.1. The van der Waals surface area contributed by atoms with Crippen LogP contribution in [0.5, 0.6) is 11.5 Å². The fourth-order valence-corrected chi connectivity index (χ4v) is 4.70. The molecule has 0 amide bonds. The van der Waals surface area contributed by atoms with Gasteiger partial charge >= 0.3 is 0 Å². The lowest BCUT2D eigenvalue weighted by Gasteiger charge is -2.07. The van der Waals surface area contributed by atoms with Gasteiger partial charge < -0.3 is 9.47 Å². The zero-order valence-electron chi connectivity index (χ0n) is 24.2. The molecule has 0 spiro atoms. The number of allylic oxidation sites excluding steroid dienone is 1. The van der Waals surface area contributed by atoms with Crippen LogP contribution in [-0.2, 0) is 0 Å². The monoisotopic (exact) mass is 520 g/mol. The number of benzene rings is 2. The van der Waals surface area contributed by atoms with Crippen LogP contribution in [0.1, 0.15) is 133 Å². The molecule has 2 rings (SSSR count). The average Bonchev–Trinajstić information content (AvgIpc) is 2.94. The molecule has 38 heavy (non-hydrogen) atoms. The molecular weight excluding hydrogens is 468 g/mol. The van der Waals surface area contributed by atoms with Gasteiger partial charge in [0.2, 0.25) is 0 Å². The Kier molecular flexibility index (Phi) is 17.8. The summed E-state index contributed by atoms with van der Waals surface area (Å²) < 4.78 is 11.4. The molecule has 0 unspecified atom stereocenters. The Morgan fingerprint density at radius 2 is 1.18 bits per heavy atom. The minimum atomic E-state index is -0.0174. The average molecular weight is 521 g/mol. The maximum Gasteiger partial charge on any atom is 0.185 e. The summed E-state index contributed by atoms with van der Waals surface area (Å²) in [5.74, 6) is 1.63. The van der Waals surface area contributed by atoms with Crippen LogP contribution in [0.2, 0.25) is 0 Å². The molecule has 2 aromatic carbocycles. The third-order valence-corrected chi connectivity index (χ3v) is 7.00. The fourth-order valence-electron chi connectivity index (χ4n) is 4.70. The van der Waals surface area contributed by atoms with Gasteiger partial charge in [0.15, 0.2) is 5.78 Å². The first-order chi connectivity index (χ1) is 18.7. The molecule has 2 aromatic rings. The summed E-state index contributed by atoms with van der Waals surface area (Å²) in [6, 6.07) is 15.2. The molecule has 0 bridgehead atoms. The van der Waals surface area contributed by atoms with Crippen molar-refractivity contribution >= 4 is 11.9 Å². The van der Waals surface area contributed by atoms with Crippen molar-refractivity contribution in [3.8, 4) is 11.5 Å². The first-order valence-electron chi connectivity index (χ1n) is 15.4. The predicted molar refractivity (Wildman–Crippen MR) is 162 cm³/mol. The summed E-state index contributed by atoms with van der Waals surface area (Å²) in [7, 11) is 0. The van der Waals surface area contributed by atoms with E-state index in [1.54, 1.807) is 6.08 Å². The third-order valence-electron chi connectivity index (χ3n) is 7.00. The van der Waals surface area contributed by atoms with Crippen LogP contribution < -0.4 is 9.47 Å². The molecule has 0 N–H and O–H groups in total. The lowest BCUT2D eigenvalue weighted by molar-refractivity contribution is 0.104. The van der Waals surface area contributed by atoms with E-state index >= 15 is 0 Å². The Morgan fingerprint density at radius 3 is 1.74 bits per heavy atom. The maximum atomic E-state index is 12.5. The first-order valence-corrected chi connectivity index (χ1v) is 15.4. The van der Waals surface area contributed by atoms with Crippen molar-refractivity contribution in [3.63, 3.8) is 0 Å². The smallest absolute Gasteiger partial charge is 0.185 e. The topological polar surface area (TPSA) is 35.5 Å². The summed E-state index contributed by atoms with van der Waals surface area (Å²) in [6.45, 7) is 5.61. The Balaban J connectivity index is 1.46. The lowest BCUT2D eigenvalue weighted by atomic mass is 10.0. The zero-order valence-corrected chi connectivity index (χ0v) is 24.2. The SMILES string of the molecule is CCCCCCCCCCCCCCCCCCOc1ccc(C(=O)C=Cc2cccc(OCC)c2)cc1. The van der Waals surface area contributed by atoms with E-state index in [0.717, 1.165) is 30.1 Å². The first kappa shape index (κ1) is 31.7. The van der Waals surface area contributed by atoms with Crippen molar-refractivity contribution in [2.45, 2.75) is 117 Å². The molecule has 0 aliphatic rings. The normalized spacial score (nSPS) is 11.2. The van der Waals surface area contributed by atoms with E-state index < -0.39 is 0 Å². The third kappa shape index (κ3) is 15.0. The van der Waals surface area contributed by atoms with Crippen LogP contribution in [-0.4, -0.2) is 19.0 Å². The van der Waals surface area contributed by atoms with E-state index in [4.69, 9.17) is 9.47 Å². The molecule has 0 fully saturated rings. The van der Waals surface area contributed by atoms with Gasteiger partial charge in [0.25, 0.3) is 0 Å². The number of ether oxygens (including phenoxy) is 2. The molecular formula is C35H52O3. The van der Waals surface area contributed by atoms with Gasteiger partial charge in [0.05, 0.1) is 13.2 Å². The van der Waals surface area contributed by atoms with Crippen LogP contribution in [0.25, 0.3) is 6.08 Å². The van der Waals surface area contributed by atoms with Crippen LogP contribution in [0, 0.1) is 0 Å². The van der Waals surface area contributed by atoms with Crippen molar-refractivity contribution in [1.29, 1.82) is 0 Å². The number of ketones is 1. The van der Waals surface area contributed by atoms with E-state index in [9.17, 15) is 4.79 Å². The molecule has 3 heteroatoms. The number of carbonyl (C=O) groups is 1. The summed E-state index contributed by atoms with van der Waals surface area (Å²) in [5.41, 5.74) is 1.61. The van der Waals surface area contributed by atoms with Crippen molar-refractivity contribution in [3.05, 3.63) is 65.7 Å². The van der Waals surface area contributed by atoms with Crippen molar-refractivity contribution in [1.82, 2.24) is 0 Å². The van der Waals surface area contributed by atoms with E-state index in [0.29, 0.717) is 12.2 Å². The number of carbonyl (C=O) groups excluding carboxylic acids is 1.